The fourth-order valence-corrected chi connectivity index (χ4v) is 11.5. The summed E-state index contributed by atoms with van der Waals surface area (Å²) in [6, 6.07) is 70.0. The number of piperidine rings is 4. The molecule has 94 heavy (non-hydrogen) atoms. The summed E-state index contributed by atoms with van der Waals surface area (Å²) in [4.78, 5) is 38.1. The van der Waals surface area contributed by atoms with Crippen molar-refractivity contribution in [3.05, 3.63) is 251 Å². The summed E-state index contributed by atoms with van der Waals surface area (Å²) in [5.41, 5.74) is 5.79. The van der Waals surface area contributed by atoms with Gasteiger partial charge in [-0.25, -0.2) is 14.4 Å². The van der Waals surface area contributed by atoms with Gasteiger partial charge in [0.1, 0.15) is 19.8 Å². The lowest BCUT2D eigenvalue weighted by Gasteiger charge is -2.40. The van der Waals surface area contributed by atoms with Crippen molar-refractivity contribution in [1.29, 1.82) is 0 Å². The van der Waals surface area contributed by atoms with Crippen LogP contribution in [-0.2, 0) is 69.2 Å². The van der Waals surface area contributed by atoms with Gasteiger partial charge in [0.15, 0.2) is 0 Å². The molecule has 11 rings (SSSR count). The van der Waals surface area contributed by atoms with Gasteiger partial charge in [-0.3, -0.25) is 0 Å². The van der Waals surface area contributed by atoms with Gasteiger partial charge in [-0.2, -0.15) is 0 Å². The molecule has 0 unspecified atom stereocenters. The number of rotatable bonds is 16. The van der Waals surface area contributed by atoms with Gasteiger partial charge in [-0.15, -0.1) is 0 Å². The minimum atomic E-state index is -0.770. The molecule has 7 aromatic carbocycles. The zero-order valence-corrected chi connectivity index (χ0v) is 56.8. The number of likely N-dealkylation sites (tertiary alicyclic amines) is 2. The third kappa shape index (κ3) is 29.5. The molecule has 4 heterocycles. The number of nitrogens with one attached hydrogen (secondary N) is 2. The highest BCUT2D eigenvalue weighted by Crippen LogP contribution is 2.32. The Labute approximate surface area is 564 Å². The van der Waals surface area contributed by atoms with E-state index >= 15 is 0 Å². The van der Waals surface area contributed by atoms with Gasteiger partial charge < -0.3 is 59.4 Å². The second-order valence-electron chi connectivity index (χ2n) is 23.8. The molecule has 0 saturated carbocycles. The summed E-state index contributed by atoms with van der Waals surface area (Å²) >= 11 is 4.97. The van der Waals surface area contributed by atoms with Gasteiger partial charge in [0.05, 0.1) is 22.4 Å². The maximum absolute atomic E-state index is 12.3. The number of benzene rings is 7. The van der Waals surface area contributed by atoms with Crippen molar-refractivity contribution in [3.63, 3.8) is 0 Å². The van der Waals surface area contributed by atoms with Crippen LogP contribution >= 0.6 is 11.6 Å². The number of halogens is 1. The molecule has 16 heteroatoms. The molecule has 5 N–H and O–H groups in total. The standard InChI is InChI=1S/C21H25NO3.C20H23NO3.C13H19NO.C12H17NO.C8H7ClO2.C2H6O.C2H6/c1-24-21(16-18-8-4-2-5-9-18)12-14-22(15-13-21)20(23)25-17-19-10-6-3-7-11-19;22-19(24-16-18-9-5-2-6-10-18)21-13-11-20(23,12-14-21)15-17-7-3-1-4-8-17;1-15-13(7-9-14-10-8-13)11-12-5-3-2-4-6-12;14-12(6-8-13-9-7-12)10-11-4-2-1-3-5-11;9-8(10)11-6-7-4-2-1-3-5-7;1-2-3;1-2/h2-11H,12-17H2,1H3;1-10,23H,11-16H2;2-6,14H,7-11H2,1H3;1-5,13-14H,6-10H2;1-5H,6H2;3H,2H2,1H3;1-2H3. The van der Waals surface area contributed by atoms with Crippen LogP contribution in [0.5, 0.6) is 0 Å². The largest absolute Gasteiger partial charge is 0.449 e. The van der Waals surface area contributed by atoms with Crippen LogP contribution in [0.25, 0.3) is 0 Å². The minimum Gasteiger partial charge on any atom is -0.449 e. The van der Waals surface area contributed by atoms with E-state index in [4.69, 9.17) is 35.7 Å². The maximum atomic E-state index is 12.3. The number of hydrogen-bond acceptors (Lipinski definition) is 13. The first kappa shape index (κ1) is 77.3. The Morgan fingerprint density at radius 3 is 0.936 bits per heavy atom. The van der Waals surface area contributed by atoms with E-state index in [-0.39, 0.29) is 43.2 Å². The molecule has 0 spiro atoms. The van der Waals surface area contributed by atoms with Crippen LogP contribution < -0.4 is 10.6 Å². The van der Waals surface area contributed by atoms with Crippen molar-refractivity contribution in [2.45, 2.75) is 140 Å². The van der Waals surface area contributed by atoms with Gasteiger partial charge in [-0.1, -0.05) is 226 Å². The molecule has 4 fully saturated rings. The van der Waals surface area contributed by atoms with Crippen molar-refractivity contribution in [2.75, 3.05) is 73.2 Å². The maximum Gasteiger partial charge on any atom is 0.410 e. The van der Waals surface area contributed by atoms with Crippen LogP contribution in [-0.4, -0.2) is 138 Å². The van der Waals surface area contributed by atoms with E-state index in [0.717, 1.165) is 106 Å². The van der Waals surface area contributed by atoms with E-state index in [1.807, 2.05) is 167 Å². The Morgan fingerprint density at radius 1 is 0.394 bits per heavy atom. The number of aliphatic hydroxyl groups is 3. The quantitative estimate of drug-likeness (QED) is 0.0455. The molecule has 4 saturated heterocycles. The fourth-order valence-electron chi connectivity index (χ4n) is 11.5. The van der Waals surface area contributed by atoms with Gasteiger partial charge >= 0.3 is 17.6 Å². The van der Waals surface area contributed by atoms with E-state index in [2.05, 4.69) is 82.1 Å². The highest BCUT2D eigenvalue weighted by atomic mass is 35.5. The first-order chi connectivity index (χ1) is 45.7. The first-order valence-electron chi connectivity index (χ1n) is 33.2. The SMILES string of the molecule is CC.CCO.COC1(Cc2ccccc2)CCN(C(=O)OCc2ccccc2)CC1.COC1(Cc2ccccc2)CCNCC1.O=C(Cl)OCc1ccccc1.O=C(OCc1ccccc1)N1CCC(O)(Cc2ccccc2)CC1.OC1(Cc2ccccc2)CCNCC1. The van der Waals surface area contributed by atoms with Crippen molar-refractivity contribution < 1.29 is 53.4 Å². The van der Waals surface area contributed by atoms with Crippen LogP contribution in [0, 0.1) is 0 Å². The van der Waals surface area contributed by atoms with Crippen LogP contribution in [0.3, 0.4) is 0 Å². The topological polar surface area (TPSA) is 189 Å². The second kappa shape index (κ2) is 43.5. The molecular weight excluding hydrogens is 1200 g/mol. The number of carbonyl (C=O) groups excluding carboxylic acids is 3. The van der Waals surface area contributed by atoms with Crippen LogP contribution in [0.1, 0.15) is 111 Å². The zero-order valence-electron chi connectivity index (χ0n) is 56.1. The number of hydrogen-bond donors (Lipinski definition) is 5. The lowest BCUT2D eigenvalue weighted by atomic mass is 9.85. The smallest absolute Gasteiger partial charge is 0.410 e. The molecule has 0 aliphatic carbocycles. The Morgan fingerprint density at radius 2 is 0.638 bits per heavy atom. The fraction of sp³-hybridized carbons (Fsp3) is 0.423. The summed E-state index contributed by atoms with van der Waals surface area (Å²) in [6.07, 6.45) is 9.50. The monoisotopic (exact) mass is 1310 g/mol. The van der Waals surface area contributed by atoms with Gasteiger partial charge in [-0.05, 0) is 123 Å². The number of ether oxygens (including phenoxy) is 5. The third-order valence-corrected chi connectivity index (χ3v) is 17.0. The second-order valence-corrected chi connectivity index (χ2v) is 24.1. The summed E-state index contributed by atoms with van der Waals surface area (Å²) in [5, 5.41) is 35.3. The Bertz CT molecular complexity index is 3080. The minimum absolute atomic E-state index is 0.0621. The highest BCUT2D eigenvalue weighted by molar-refractivity contribution is 6.61. The number of methoxy groups -OCH3 is 2. The molecular formula is C78H103ClN4O11. The number of carbonyl (C=O) groups is 3. The average molecular weight is 1310 g/mol. The van der Waals surface area contributed by atoms with Crippen molar-refractivity contribution in [3.8, 4) is 0 Å². The Balaban J connectivity index is 0.000000215. The van der Waals surface area contributed by atoms with E-state index in [1.54, 1.807) is 23.8 Å². The zero-order chi connectivity index (χ0) is 67.6. The molecule has 0 atom stereocenters. The van der Waals surface area contributed by atoms with Crippen LogP contribution in [0.2, 0.25) is 0 Å². The molecule has 0 bridgehead atoms. The highest BCUT2D eigenvalue weighted by Gasteiger charge is 2.38. The Kier molecular flexibility index (Phi) is 35.8. The molecule has 4 aliphatic rings. The Hall–Kier alpha value is -7.44. The van der Waals surface area contributed by atoms with E-state index < -0.39 is 16.6 Å². The van der Waals surface area contributed by atoms with E-state index in [0.29, 0.717) is 52.0 Å². The molecule has 7 aromatic rings. The predicted molar refractivity (Wildman–Crippen MR) is 376 cm³/mol. The molecule has 4 aliphatic heterocycles. The van der Waals surface area contributed by atoms with Gasteiger partial charge in [0.2, 0.25) is 0 Å². The van der Waals surface area contributed by atoms with Crippen LogP contribution in [0.4, 0.5) is 14.4 Å². The summed E-state index contributed by atoms with van der Waals surface area (Å²) in [7, 11) is 3.61. The number of nitrogens with zero attached hydrogens (tertiary/aromatic N) is 2. The molecule has 0 radical (unpaired) electrons. The molecule has 15 nitrogen and oxygen atoms in total. The first-order valence-corrected chi connectivity index (χ1v) is 33.6. The number of aliphatic hydroxyl groups excluding tert-OH is 1. The molecule has 508 valence electrons. The normalized spacial score (nSPS) is 16.2. The van der Waals surface area contributed by atoms with Gasteiger partial charge in [0.25, 0.3) is 0 Å². The summed E-state index contributed by atoms with van der Waals surface area (Å²) in [5.74, 6) is 0. The summed E-state index contributed by atoms with van der Waals surface area (Å²) in [6.45, 7) is 13.1. The van der Waals surface area contributed by atoms with Gasteiger partial charge in [0, 0.05) is 84.3 Å². The van der Waals surface area contributed by atoms with Crippen LogP contribution in [0.15, 0.2) is 212 Å². The molecule has 0 aromatic heterocycles. The third-order valence-electron chi connectivity index (χ3n) is 16.9. The lowest BCUT2D eigenvalue weighted by molar-refractivity contribution is -0.0547. The van der Waals surface area contributed by atoms with Crippen molar-refractivity contribution in [1.82, 2.24) is 20.4 Å². The average Bonchev–Trinajstić information content (AvgIpc) is 1.06. The summed E-state index contributed by atoms with van der Waals surface area (Å²) < 4.78 is 27.0. The van der Waals surface area contributed by atoms with Crippen molar-refractivity contribution >= 4 is 29.2 Å². The van der Waals surface area contributed by atoms with Crippen molar-refractivity contribution in [2.24, 2.45) is 0 Å². The predicted octanol–water partition coefficient (Wildman–Crippen LogP) is 14.4. The van der Waals surface area contributed by atoms with E-state index in [1.165, 1.54) is 16.7 Å². The lowest BCUT2D eigenvalue weighted by Crippen LogP contribution is -2.48. The number of amides is 2. The van der Waals surface area contributed by atoms with E-state index in [9.17, 15) is 24.6 Å². The molecule has 2 amide bonds.